The zero-order valence-electron chi connectivity index (χ0n) is 22.8. The summed E-state index contributed by atoms with van der Waals surface area (Å²) in [6.45, 7) is 6.61. The van der Waals surface area contributed by atoms with Gasteiger partial charge in [0.2, 0.25) is 5.88 Å². The van der Waals surface area contributed by atoms with E-state index in [4.69, 9.17) is 19.3 Å². The van der Waals surface area contributed by atoms with Crippen LogP contribution in [0.4, 0.5) is 0 Å². The molecule has 0 amide bonds. The second-order valence-corrected chi connectivity index (χ2v) is 11.0. The van der Waals surface area contributed by atoms with E-state index in [1.807, 2.05) is 6.07 Å². The van der Waals surface area contributed by atoms with Crippen molar-refractivity contribution in [2.24, 2.45) is 5.92 Å². The average molecular weight is 556 g/mol. The molecule has 0 radical (unpaired) electrons. The molecular formula is C33H33NO5S. The fourth-order valence-electron chi connectivity index (χ4n) is 4.97. The summed E-state index contributed by atoms with van der Waals surface area (Å²) in [4.78, 5) is 15.6. The molecule has 0 spiro atoms. The van der Waals surface area contributed by atoms with Crippen molar-refractivity contribution in [3.63, 3.8) is 0 Å². The van der Waals surface area contributed by atoms with E-state index in [9.17, 15) is 4.79 Å². The number of aryl methyl sites for hydroxylation is 1. The largest absolute Gasteiger partial charge is 0.493 e. The van der Waals surface area contributed by atoms with E-state index in [0.717, 1.165) is 49.5 Å². The second-order valence-electron chi connectivity index (χ2n) is 10.1. The summed E-state index contributed by atoms with van der Waals surface area (Å²) < 4.78 is 18.8. The van der Waals surface area contributed by atoms with Gasteiger partial charge in [0.05, 0.1) is 18.9 Å². The Balaban J connectivity index is 1.26. The van der Waals surface area contributed by atoms with Gasteiger partial charge in [-0.1, -0.05) is 24.1 Å². The molecule has 0 aliphatic carbocycles. The number of thiophene rings is 1. The lowest BCUT2D eigenvalue weighted by Gasteiger charge is -2.22. The van der Waals surface area contributed by atoms with Crippen molar-refractivity contribution in [1.29, 1.82) is 0 Å². The van der Waals surface area contributed by atoms with Crippen LogP contribution in [0.3, 0.4) is 0 Å². The van der Waals surface area contributed by atoms with Crippen LogP contribution in [0.25, 0.3) is 21.2 Å². The van der Waals surface area contributed by atoms with E-state index >= 15 is 0 Å². The Labute approximate surface area is 238 Å². The van der Waals surface area contributed by atoms with E-state index < -0.39 is 5.97 Å². The Hall–Kier alpha value is -3.86. The van der Waals surface area contributed by atoms with Gasteiger partial charge in [-0.15, -0.1) is 17.3 Å². The summed E-state index contributed by atoms with van der Waals surface area (Å²) in [6.07, 6.45) is 3.71. The summed E-state index contributed by atoms with van der Waals surface area (Å²) in [6, 6.07) is 16.4. The Bertz CT molecular complexity index is 1530. The number of hydrogen-bond acceptors (Lipinski definition) is 6. The molecule has 40 heavy (non-hydrogen) atoms. The topological polar surface area (TPSA) is 77.9 Å². The molecule has 0 saturated carbocycles. The molecule has 2 aromatic carbocycles. The van der Waals surface area contributed by atoms with Gasteiger partial charge in [0.25, 0.3) is 0 Å². The van der Waals surface area contributed by atoms with Crippen molar-refractivity contribution in [1.82, 2.24) is 4.98 Å². The molecule has 4 aromatic rings. The number of pyridine rings is 1. The van der Waals surface area contributed by atoms with Gasteiger partial charge >= 0.3 is 5.97 Å². The molecule has 1 N–H and O–H groups in total. The van der Waals surface area contributed by atoms with Crippen LogP contribution in [0.2, 0.25) is 0 Å². The van der Waals surface area contributed by atoms with Crippen LogP contribution >= 0.6 is 11.3 Å². The number of aliphatic carboxylic acids is 1. The molecule has 1 aliphatic rings. The van der Waals surface area contributed by atoms with Crippen LogP contribution in [-0.4, -0.2) is 35.9 Å². The van der Waals surface area contributed by atoms with Crippen LogP contribution in [0.1, 0.15) is 48.8 Å². The lowest BCUT2D eigenvalue weighted by molar-refractivity contribution is -0.137. The first-order chi connectivity index (χ1) is 19.5. The SMILES string of the molecule is CC#C[C@@H](CC(=O)O)c1ccc(OCc2ccc3scc(-c4ccc(OCC5CCOCC5)cc4C)c3c2)nc1. The molecule has 1 fully saturated rings. The third-order valence-corrected chi connectivity index (χ3v) is 8.16. The normalized spacial score (nSPS) is 14.3. The molecule has 1 atom stereocenters. The smallest absolute Gasteiger partial charge is 0.304 e. The van der Waals surface area contributed by atoms with E-state index in [-0.39, 0.29) is 12.3 Å². The van der Waals surface area contributed by atoms with Crippen LogP contribution < -0.4 is 9.47 Å². The van der Waals surface area contributed by atoms with E-state index in [1.54, 1.807) is 30.5 Å². The van der Waals surface area contributed by atoms with Gasteiger partial charge in [-0.05, 0) is 84.5 Å². The zero-order chi connectivity index (χ0) is 27.9. The number of carboxylic acids is 1. The minimum absolute atomic E-state index is 0.0583. The van der Waals surface area contributed by atoms with Crippen molar-refractivity contribution in [2.45, 2.75) is 45.6 Å². The number of fused-ring (bicyclic) bond motifs is 1. The Morgan fingerprint density at radius 1 is 1.12 bits per heavy atom. The van der Waals surface area contributed by atoms with Crippen LogP contribution in [0.15, 0.2) is 60.1 Å². The van der Waals surface area contributed by atoms with Crippen molar-refractivity contribution in [3.8, 4) is 34.6 Å². The maximum Gasteiger partial charge on any atom is 0.304 e. The first-order valence-corrected chi connectivity index (χ1v) is 14.4. The molecule has 7 heteroatoms. The number of rotatable bonds is 10. The molecule has 0 bridgehead atoms. The van der Waals surface area contributed by atoms with Gasteiger partial charge in [0.1, 0.15) is 12.4 Å². The molecule has 1 aliphatic heterocycles. The Morgan fingerprint density at radius 3 is 2.70 bits per heavy atom. The third kappa shape index (κ3) is 6.82. The quantitative estimate of drug-likeness (QED) is 0.208. The van der Waals surface area contributed by atoms with E-state index in [2.05, 4.69) is 65.5 Å². The van der Waals surface area contributed by atoms with E-state index in [1.165, 1.54) is 26.8 Å². The van der Waals surface area contributed by atoms with Crippen LogP contribution in [0.5, 0.6) is 11.6 Å². The molecule has 2 aromatic heterocycles. The van der Waals surface area contributed by atoms with Crippen LogP contribution in [-0.2, 0) is 16.1 Å². The highest BCUT2D eigenvalue weighted by molar-refractivity contribution is 7.17. The van der Waals surface area contributed by atoms with Crippen molar-refractivity contribution in [2.75, 3.05) is 19.8 Å². The molecular weight excluding hydrogens is 522 g/mol. The highest BCUT2D eigenvalue weighted by Gasteiger charge is 2.16. The predicted octanol–water partition coefficient (Wildman–Crippen LogP) is 7.24. The summed E-state index contributed by atoms with van der Waals surface area (Å²) in [7, 11) is 0. The number of aromatic nitrogens is 1. The van der Waals surface area contributed by atoms with Gasteiger partial charge in [-0.3, -0.25) is 4.79 Å². The van der Waals surface area contributed by atoms with Crippen molar-refractivity contribution < 1.29 is 24.1 Å². The highest BCUT2D eigenvalue weighted by Crippen LogP contribution is 2.37. The average Bonchev–Trinajstić information content (AvgIpc) is 3.38. The van der Waals surface area contributed by atoms with Crippen molar-refractivity contribution in [3.05, 3.63) is 76.8 Å². The van der Waals surface area contributed by atoms with Gasteiger partial charge < -0.3 is 19.3 Å². The number of carbonyl (C=O) groups is 1. The van der Waals surface area contributed by atoms with Crippen molar-refractivity contribution >= 4 is 27.4 Å². The van der Waals surface area contributed by atoms with Gasteiger partial charge in [-0.25, -0.2) is 4.98 Å². The van der Waals surface area contributed by atoms with Gasteiger partial charge in [0, 0.05) is 41.1 Å². The predicted molar refractivity (Wildman–Crippen MR) is 158 cm³/mol. The number of nitrogens with zero attached hydrogens (tertiary/aromatic N) is 1. The number of carboxylic acid groups (broad SMARTS) is 1. The van der Waals surface area contributed by atoms with Gasteiger partial charge in [-0.2, -0.15) is 0 Å². The third-order valence-electron chi connectivity index (χ3n) is 7.20. The van der Waals surface area contributed by atoms with Gasteiger partial charge in [0.15, 0.2) is 0 Å². The summed E-state index contributed by atoms with van der Waals surface area (Å²) >= 11 is 1.74. The molecule has 206 valence electrons. The Morgan fingerprint density at radius 2 is 1.98 bits per heavy atom. The summed E-state index contributed by atoms with van der Waals surface area (Å²) in [5, 5.41) is 12.6. The fraction of sp³-hybridized carbons (Fsp3) is 0.333. The molecule has 6 nitrogen and oxygen atoms in total. The Kier molecular flexibility index (Phi) is 9.00. The lowest BCUT2D eigenvalue weighted by Crippen LogP contribution is -2.21. The maximum absolute atomic E-state index is 11.2. The monoisotopic (exact) mass is 555 g/mol. The molecule has 0 unspecified atom stereocenters. The first kappa shape index (κ1) is 27.7. The minimum atomic E-state index is -0.888. The number of ether oxygens (including phenoxy) is 3. The fourth-order valence-corrected chi connectivity index (χ4v) is 5.91. The highest BCUT2D eigenvalue weighted by atomic mass is 32.1. The number of hydrogen-bond donors (Lipinski definition) is 1. The lowest BCUT2D eigenvalue weighted by atomic mass is 9.98. The molecule has 3 heterocycles. The second kappa shape index (κ2) is 13.0. The number of benzene rings is 2. The maximum atomic E-state index is 11.2. The van der Waals surface area contributed by atoms with Crippen LogP contribution in [0, 0.1) is 24.7 Å². The summed E-state index contributed by atoms with van der Waals surface area (Å²) in [5.41, 5.74) is 5.41. The zero-order valence-corrected chi connectivity index (χ0v) is 23.6. The minimum Gasteiger partial charge on any atom is -0.493 e. The standard InChI is InChI=1S/C33H33NO5S/c1-3-4-25(17-33(35)36)26-6-10-32(34-18-26)39-20-24-5-9-31-29(16-24)30(21-40-31)28-8-7-27(15-22(28)2)38-19-23-11-13-37-14-12-23/h5-10,15-16,18,21,23,25H,11-14,17,19-20H2,1-2H3,(H,35,36)/t25-/m0/s1. The molecule has 5 rings (SSSR count). The van der Waals surface area contributed by atoms with E-state index in [0.29, 0.717) is 18.4 Å². The first-order valence-electron chi connectivity index (χ1n) is 13.5. The molecule has 1 saturated heterocycles. The summed E-state index contributed by atoms with van der Waals surface area (Å²) in [5.74, 6) is 6.43.